The van der Waals surface area contributed by atoms with Crippen molar-refractivity contribution in [3.63, 3.8) is 0 Å². The van der Waals surface area contributed by atoms with E-state index < -0.39 is 0 Å². The number of benzene rings is 1. The lowest BCUT2D eigenvalue weighted by atomic mass is 10.2. The maximum absolute atomic E-state index is 12.5. The highest BCUT2D eigenvalue weighted by Crippen LogP contribution is 2.20. The normalized spacial score (nSPS) is 18.0. The molecule has 1 fully saturated rings. The van der Waals surface area contributed by atoms with Gasteiger partial charge in [0.05, 0.1) is 19.7 Å². The Bertz CT molecular complexity index is 543. The Morgan fingerprint density at radius 3 is 2.61 bits per heavy atom. The Balaban J connectivity index is 1.92. The molecule has 0 unspecified atom stereocenters. The van der Waals surface area contributed by atoms with Crippen molar-refractivity contribution < 1.29 is 14.3 Å². The van der Waals surface area contributed by atoms with Crippen molar-refractivity contribution in [3.8, 4) is 5.75 Å². The number of rotatable bonds is 6. The monoisotopic (exact) mass is 319 g/mol. The Kier molecular flexibility index (Phi) is 5.98. The molecule has 0 spiro atoms. The number of amides is 2. The van der Waals surface area contributed by atoms with Gasteiger partial charge in [-0.05, 0) is 57.5 Å². The van der Waals surface area contributed by atoms with Crippen molar-refractivity contribution in [3.05, 3.63) is 24.3 Å². The van der Waals surface area contributed by atoms with Gasteiger partial charge in [-0.15, -0.1) is 0 Å². The van der Waals surface area contributed by atoms with Gasteiger partial charge >= 0.3 is 0 Å². The van der Waals surface area contributed by atoms with E-state index in [2.05, 4.69) is 10.6 Å². The van der Waals surface area contributed by atoms with Gasteiger partial charge in [-0.25, -0.2) is 0 Å². The second-order valence-electron chi connectivity index (χ2n) is 6.07. The third-order valence-corrected chi connectivity index (χ3v) is 3.82. The van der Waals surface area contributed by atoms with Gasteiger partial charge < -0.3 is 15.4 Å². The zero-order chi connectivity index (χ0) is 16.8. The molecule has 1 aliphatic heterocycles. The molecule has 6 nitrogen and oxygen atoms in total. The molecule has 126 valence electrons. The van der Waals surface area contributed by atoms with Crippen LogP contribution in [-0.2, 0) is 9.59 Å². The maximum Gasteiger partial charge on any atom is 0.241 e. The van der Waals surface area contributed by atoms with Crippen molar-refractivity contribution in [1.82, 2.24) is 10.2 Å². The minimum atomic E-state index is -0.255. The quantitative estimate of drug-likeness (QED) is 0.836. The molecule has 2 amide bonds. The molecule has 2 N–H and O–H groups in total. The Morgan fingerprint density at radius 2 is 2.00 bits per heavy atom. The summed E-state index contributed by atoms with van der Waals surface area (Å²) in [6.45, 7) is 4.89. The fourth-order valence-corrected chi connectivity index (χ4v) is 2.76. The average molecular weight is 319 g/mol. The summed E-state index contributed by atoms with van der Waals surface area (Å²) in [6.07, 6.45) is 1.70. The van der Waals surface area contributed by atoms with Gasteiger partial charge in [-0.1, -0.05) is 0 Å². The van der Waals surface area contributed by atoms with Crippen LogP contribution >= 0.6 is 0 Å². The van der Waals surface area contributed by atoms with Gasteiger partial charge in [0.25, 0.3) is 0 Å². The Hall–Kier alpha value is -2.08. The molecule has 0 aromatic heterocycles. The van der Waals surface area contributed by atoms with E-state index in [4.69, 9.17) is 4.74 Å². The second-order valence-corrected chi connectivity index (χ2v) is 6.07. The predicted octanol–water partition coefficient (Wildman–Crippen LogP) is 1.62. The van der Waals surface area contributed by atoms with Crippen LogP contribution in [0.2, 0.25) is 0 Å². The summed E-state index contributed by atoms with van der Waals surface area (Å²) in [6, 6.07) is 7.07. The van der Waals surface area contributed by atoms with Crippen molar-refractivity contribution in [1.29, 1.82) is 0 Å². The van der Waals surface area contributed by atoms with E-state index in [1.165, 1.54) is 0 Å². The Morgan fingerprint density at radius 1 is 1.30 bits per heavy atom. The number of hydrogen-bond acceptors (Lipinski definition) is 4. The number of methoxy groups -OCH3 is 1. The summed E-state index contributed by atoms with van der Waals surface area (Å²) in [7, 11) is 1.60. The van der Waals surface area contributed by atoms with Gasteiger partial charge in [-0.2, -0.15) is 0 Å². The van der Waals surface area contributed by atoms with E-state index >= 15 is 0 Å². The summed E-state index contributed by atoms with van der Waals surface area (Å²) in [5.41, 5.74) is 0.731. The van der Waals surface area contributed by atoms with Crippen LogP contribution in [0.3, 0.4) is 0 Å². The van der Waals surface area contributed by atoms with Crippen LogP contribution in [0.4, 0.5) is 5.69 Å². The number of carbonyl (C=O) groups is 2. The third-order valence-electron chi connectivity index (χ3n) is 3.82. The molecule has 6 heteroatoms. The lowest BCUT2D eigenvalue weighted by Gasteiger charge is -2.23. The maximum atomic E-state index is 12.5. The first-order valence-corrected chi connectivity index (χ1v) is 7.98. The van der Waals surface area contributed by atoms with Crippen LogP contribution in [0.5, 0.6) is 5.75 Å². The molecule has 1 saturated heterocycles. The lowest BCUT2D eigenvalue weighted by molar-refractivity contribution is -0.125. The zero-order valence-corrected chi connectivity index (χ0v) is 14.0. The van der Waals surface area contributed by atoms with Gasteiger partial charge in [-0.3, -0.25) is 14.5 Å². The summed E-state index contributed by atoms with van der Waals surface area (Å²) in [5.74, 6) is 0.644. The number of carbonyl (C=O) groups excluding carboxylic acids is 2. The fraction of sp³-hybridized carbons (Fsp3) is 0.529. The first kappa shape index (κ1) is 17.3. The van der Waals surface area contributed by atoms with E-state index in [9.17, 15) is 9.59 Å². The summed E-state index contributed by atoms with van der Waals surface area (Å²) in [5, 5.41) is 5.78. The molecule has 1 aromatic rings. The molecule has 23 heavy (non-hydrogen) atoms. The Labute approximate surface area is 137 Å². The van der Waals surface area contributed by atoms with Gasteiger partial charge in [0.2, 0.25) is 11.8 Å². The lowest BCUT2D eigenvalue weighted by Crippen LogP contribution is -2.46. The van der Waals surface area contributed by atoms with Crippen molar-refractivity contribution in [2.24, 2.45) is 0 Å². The van der Waals surface area contributed by atoms with Crippen LogP contribution in [0, 0.1) is 0 Å². The summed E-state index contributed by atoms with van der Waals surface area (Å²) < 4.78 is 5.10. The van der Waals surface area contributed by atoms with Crippen molar-refractivity contribution in [2.45, 2.75) is 38.8 Å². The highest BCUT2D eigenvalue weighted by Gasteiger charge is 2.31. The molecule has 0 radical (unpaired) electrons. The second kappa shape index (κ2) is 7.97. The number of ether oxygens (including phenoxy) is 1. The first-order chi connectivity index (χ1) is 11.0. The number of nitrogens with one attached hydrogen (secondary N) is 2. The molecule has 0 saturated carbocycles. The number of hydrogen-bond donors (Lipinski definition) is 2. The van der Waals surface area contributed by atoms with Crippen LogP contribution in [0.15, 0.2) is 24.3 Å². The molecular formula is C17H25N3O3. The molecule has 1 atom stereocenters. The molecule has 0 aliphatic carbocycles. The van der Waals surface area contributed by atoms with Crippen LogP contribution in [0.25, 0.3) is 0 Å². The molecular weight excluding hydrogens is 294 g/mol. The van der Waals surface area contributed by atoms with Crippen molar-refractivity contribution >= 4 is 17.5 Å². The topological polar surface area (TPSA) is 70.7 Å². The predicted molar refractivity (Wildman–Crippen MR) is 89.5 cm³/mol. The van der Waals surface area contributed by atoms with E-state index in [1.807, 2.05) is 30.9 Å². The summed E-state index contributed by atoms with van der Waals surface area (Å²) >= 11 is 0. The molecule has 1 aliphatic rings. The fourth-order valence-electron chi connectivity index (χ4n) is 2.76. The highest BCUT2D eigenvalue weighted by atomic mass is 16.5. The zero-order valence-electron chi connectivity index (χ0n) is 14.0. The van der Waals surface area contributed by atoms with E-state index in [-0.39, 0.29) is 30.4 Å². The SMILES string of the molecule is COc1ccc(NC(=O)[C@@H]2CCCN2CC(=O)NC(C)C)cc1. The minimum Gasteiger partial charge on any atom is -0.497 e. The number of nitrogens with zero attached hydrogens (tertiary/aromatic N) is 1. The largest absolute Gasteiger partial charge is 0.497 e. The standard InChI is InChI=1S/C17H25N3O3/c1-12(2)18-16(21)11-20-10-4-5-15(20)17(22)19-13-6-8-14(23-3)9-7-13/h6-9,12,15H,4-5,10-11H2,1-3H3,(H,18,21)(H,19,22)/t15-/m0/s1. The smallest absolute Gasteiger partial charge is 0.241 e. The van der Waals surface area contributed by atoms with Crippen molar-refractivity contribution in [2.75, 3.05) is 25.5 Å². The number of likely N-dealkylation sites (tertiary alicyclic amines) is 1. The van der Waals surface area contributed by atoms with Crippen LogP contribution in [0.1, 0.15) is 26.7 Å². The molecule has 2 rings (SSSR count). The average Bonchev–Trinajstić information content (AvgIpc) is 2.95. The highest BCUT2D eigenvalue weighted by molar-refractivity contribution is 5.95. The first-order valence-electron chi connectivity index (χ1n) is 7.98. The van der Waals surface area contributed by atoms with E-state index in [0.29, 0.717) is 0 Å². The molecule has 1 heterocycles. The van der Waals surface area contributed by atoms with Gasteiger partial charge in [0.15, 0.2) is 0 Å². The molecule has 0 bridgehead atoms. The van der Waals surface area contributed by atoms with Crippen LogP contribution < -0.4 is 15.4 Å². The number of anilines is 1. The summed E-state index contributed by atoms with van der Waals surface area (Å²) in [4.78, 5) is 26.3. The molecule has 1 aromatic carbocycles. The van der Waals surface area contributed by atoms with Crippen LogP contribution in [-0.4, -0.2) is 49.0 Å². The third kappa shape index (κ3) is 4.96. The van der Waals surface area contributed by atoms with Gasteiger partial charge in [0.1, 0.15) is 5.75 Å². The van der Waals surface area contributed by atoms with Gasteiger partial charge in [0, 0.05) is 11.7 Å². The van der Waals surface area contributed by atoms with E-state index in [0.717, 1.165) is 30.8 Å². The van der Waals surface area contributed by atoms with E-state index in [1.54, 1.807) is 19.2 Å². The minimum absolute atomic E-state index is 0.0378.